The van der Waals surface area contributed by atoms with E-state index in [2.05, 4.69) is 0 Å². The van der Waals surface area contributed by atoms with E-state index >= 15 is 0 Å². The van der Waals surface area contributed by atoms with Crippen LogP contribution in [0.5, 0.6) is 0 Å². The second-order valence-electron chi connectivity index (χ2n) is 7.78. The molecular formula is C24H20B2F8N4O4. The second-order valence-corrected chi connectivity index (χ2v) is 7.78. The van der Waals surface area contributed by atoms with Gasteiger partial charge in [-0.1, -0.05) is 24.3 Å². The first-order valence-electron chi connectivity index (χ1n) is 11.3. The van der Waals surface area contributed by atoms with E-state index in [1.807, 2.05) is 58.2 Å². The van der Waals surface area contributed by atoms with Gasteiger partial charge in [-0.3, -0.25) is 46.1 Å². The Bertz CT molecular complexity index is 1290. The minimum Gasteiger partial charge on any atom is -1.00 e. The van der Waals surface area contributed by atoms with Gasteiger partial charge in [0.25, 0.3) is 11.4 Å². The number of hydrogen-bond donors (Lipinski definition) is 0. The summed E-state index contributed by atoms with van der Waals surface area (Å²) in [6, 6.07) is 21.3. The Morgan fingerprint density at radius 1 is 0.548 bits per heavy atom. The molecule has 0 fully saturated rings. The van der Waals surface area contributed by atoms with E-state index in [1.54, 1.807) is 36.4 Å². The highest BCUT2D eigenvalue weighted by atomic mass is 19.4. The molecule has 0 aliphatic carbocycles. The van der Waals surface area contributed by atoms with E-state index in [-0.39, 0.29) is 30.6 Å². The summed E-state index contributed by atoms with van der Waals surface area (Å²) in [7, 11) is -7.33. The van der Waals surface area contributed by atoms with Crippen molar-refractivity contribution < 1.29 is 54.3 Å². The van der Waals surface area contributed by atoms with Gasteiger partial charge in [0, 0.05) is 36.4 Å². The third-order valence-electron chi connectivity index (χ3n) is 5.20. The van der Waals surface area contributed by atoms with Crippen molar-refractivity contribution in [2.75, 3.05) is 0 Å². The van der Waals surface area contributed by atoms with Crippen molar-refractivity contribution >= 4 is 26.5 Å². The monoisotopic (exact) mass is 602 g/mol. The number of benzene rings is 2. The summed E-state index contributed by atoms with van der Waals surface area (Å²) < 4.78 is 61.8. The molecule has 0 bridgehead atoms. The lowest BCUT2D eigenvalue weighted by molar-refractivity contribution is -0.689. The Morgan fingerprint density at radius 3 is 1.07 bits per heavy atom. The quantitative estimate of drug-likeness (QED) is 0.0948. The molecule has 222 valence electrons. The number of nitrogens with zero attached hydrogens (tertiary/aromatic N) is 4. The molecule has 0 N–H and O–H groups in total. The maximum absolute atomic E-state index is 11.2. The minimum absolute atomic E-state index is 0. The van der Waals surface area contributed by atoms with Gasteiger partial charge in [-0.2, -0.15) is 0 Å². The molecule has 18 heteroatoms. The van der Waals surface area contributed by atoms with Gasteiger partial charge < -0.3 is 9.41 Å². The molecule has 0 aliphatic heterocycles. The number of nitro benzene ring substituents is 2. The minimum atomic E-state index is -3.67. The molecule has 0 spiro atoms. The van der Waals surface area contributed by atoms with Crippen molar-refractivity contribution in [2.45, 2.75) is 13.1 Å². The molecular weight excluding hydrogens is 582 g/mol. The lowest BCUT2D eigenvalue weighted by Crippen LogP contribution is -3.00. The summed E-state index contributed by atoms with van der Waals surface area (Å²) in [6.45, 7) is 0.810. The predicted molar refractivity (Wildman–Crippen MR) is 135 cm³/mol. The fourth-order valence-corrected chi connectivity index (χ4v) is 3.55. The highest BCUT2D eigenvalue weighted by molar-refractivity contribution is 6.33. The van der Waals surface area contributed by atoms with Crippen molar-refractivity contribution in [1.82, 2.24) is 0 Å². The molecule has 4 aromatic rings. The van der Waals surface area contributed by atoms with Crippen LogP contribution >= 0.6 is 0 Å². The van der Waals surface area contributed by atoms with Crippen LogP contribution in [-0.2, 0) is 13.1 Å². The summed E-state index contributed by atoms with van der Waals surface area (Å²) in [6.07, 6.45) is 7.56. The van der Waals surface area contributed by atoms with E-state index in [1.165, 1.54) is 12.1 Å². The molecule has 8 nitrogen and oxygen atoms in total. The van der Waals surface area contributed by atoms with Crippen LogP contribution in [-0.4, -0.2) is 24.9 Å². The first-order chi connectivity index (χ1) is 19.0. The van der Waals surface area contributed by atoms with Gasteiger partial charge in [-0.25, -0.2) is 9.13 Å². The molecule has 0 amide bonds. The second kappa shape index (κ2) is 18.5. The van der Waals surface area contributed by atoms with E-state index in [0.717, 1.165) is 11.1 Å². The van der Waals surface area contributed by atoms with Crippen LogP contribution in [0.4, 0.5) is 37.3 Å². The number of pyridine rings is 2. The van der Waals surface area contributed by atoms with Crippen LogP contribution < -0.4 is 18.5 Å². The van der Waals surface area contributed by atoms with Gasteiger partial charge in [0.2, 0.25) is 0 Å². The highest BCUT2D eigenvalue weighted by Gasteiger charge is 2.17. The molecule has 2 heterocycles. The lowest BCUT2D eigenvalue weighted by atomic mass is 10.1. The molecule has 0 unspecified atom stereocenters. The zero-order valence-corrected chi connectivity index (χ0v) is 21.3. The Morgan fingerprint density at radius 2 is 0.810 bits per heavy atom. The van der Waals surface area contributed by atoms with Gasteiger partial charge >= 0.3 is 15.1 Å². The highest BCUT2D eigenvalue weighted by Crippen LogP contribution is 2.20. The summed E-state index contributed by atoms with van der Waals surface area (Å²) in [4.78, 5) is 21.7. The van der Waals surface area contributed by atoms with E-state index in [9.17, 15) is 46.1 Å². The normalized spacial score (nSPS) is 9.38. The maximum Gasteiger partial charge on any atom is 0.762 e. The van der Waals surface area contributed by atoms with Gasteiger partial charge in [0.05, 0.1) is 21.0 Å². The SMILES string of the molecule is FB(F)F.FB(F)F.O=[N+]([O-])c1ccccc1C[n+]1ccc(-c2cc[n+](Cc3ccccc3[N+](=O)[O-])cc2)cc1.[F-].[F-]. The Balaban J connectivity index is 0.00000150. The van der Waals surface area contributed by atoms with Crippen molar-refractivity contribution in [2.24, 2.45) is 0 Å². The number of aromatic nitrogens is 2. The molecule has 4 rings (SSSR count). The molecule has 42 heavy (non-hydrogen) atoms. The maximum atomic E-state index is 11.2. The van der Waals surface area contributed by atoms with Gasteiger partial charge in [-0.15, -0.1) is 0 Å². The Kier molecular flexibility index (Phi) is 16.3. The van der Waals surface area contributed by atoms with E-state index in [0.29, 0.717) is 24.2 Å². The van der Waals surface area contributed by atoms with Crippen LogP contribution in [0.3, 0.4) is 0 Å². The summed E-state index contributed by atoms with van der Waals surface area (Å²) in [5, 5.41) is 22.4. The number of hydrogen-bond acceptors (Lipinski definition) is 4. The Hall–Kier alpha value is -4.89. The standard InChI is InChI=1S/C24H20N4O4.2BF3.2FH/c29-27(30)23-7-3-1-5-21(23)17-25-13-9-19(10-14-25)20-11-15-26(16-12-20)18-22-6-2-4-8-24(22)28(31)32;2*2-1(3)4;;/h1-16H,17-18H2;;;2*1H/q+2;;;;/p-2. The van der Waals surface area contributed by atoms with Crippen LogP contribution in [0.2, 0.25) is 0 Å². The first kappa shape index (κ1) is 37.1. The fraction of sp³-hybridized carbons (Fsp3) is 0.0833. The molecule has 0 saturated heterocycles. The topological polar surface area (TPSA) is 94.0 Å². The van der Waals surface area contributed by atoms with Crippen molar-refractivity contribution in [1.29, 1.82) is 0 Å². The molecule has 0 saturated carbocycles. The predicted octanol–water partition coefficient (Wildman–Crippen LogP) is -0.391. The van der Waals surface area contributed by atoms with Crippen LogP contribution in [0, 0.1) is 20.2 Å². The summed E-state index contributed by atoms with van der Waals surface area (Å²) >= 11 is 0. The van der Waals surface area contributed by atoms with E-state index in [4.69, 9.17) is 0 Å². The third kappa shape index (κ3) is 12.5. The van der Waals surface area contributed by atoms with Crippen LogP contribution in [0.15, 0.2) is 97.6 Å². The zero-order chi connectivity index (χ0) is 29.7. The number of rotatable bonds is 7. The first-order valence-corrected chi connectivity index (χ1v) is 11.3. The Labute approximate surface area is 234 Å². The van der Waals surface area contributed by atoms with Gasteiger partial charge in [-0.05, 0) is 23.3 Å². The third-order valence-corrected chi connectivity index (χ3v) is 5.20. The van der Waals surface area contributed by atoms with Crippen molar-refractivity contribution in [3.63, 3.8) is 0 Å². The van der Waals surface area contributed by atoms with Gasteiger partial charge in [0.15, 0.2) is 37.9 Å². The number of nitro groups is 2. The molecule has 2 aromatic carbocycles. The molecule has 0 radical (unpaired) electrons. The molecule has 0 aliphatic rings. The average Bonchev–Trinajstić information content (AvgIpc) is 2.89. The van der Waals surface area contributed by atoms with Gasteiger partial charge in [0.1, 0.15) is 0 Å². The number of para-hydroxylation sites is 2. The van der Waals surface area contributed by atoms with Crippen molar-refractivity contribution in [3.05, 3.63) is 129 Å². The van der Waals surface area contributed by atoms with E-state index < -0.39 is 15.1 Å². The lowest BCUT2D eigenvalue weighted by Gasteiger charge is -2.03. The largest absolute Gasteiger partial charge is 1.00 e. The average molecular weight is 602 g/mol. The zero-order valence-electron chi connectivity index (χ0n) is 21.3. The molecule has 2 aromatic heterocycles. The number of halogens is 8. The summed E-state index contributed by atoms with van der Waals surface area (Å²) in [5.41, 5.74) is 3.51. The molecule has 0 atom stereocenters. The smallest absolute Gasteiger partial charge is 0.762 e. The van der Waals surface area contributed by atoms with Crippen LogP contribution in [0.1, 0.15) is 11.1 Å². The van der Waals surface area contributed by atoms with Crippen molar-refractivity contribution in [3.8, 4) is 11.1 Å². The van der Waals surface area contributed by atoms with Crippen LogP contribution in [0.25, 0.3) is 11.1 Å². The fourth-order valence-electron chi connectivity index (χ4n) is 3.55. The summed E-state index contributed by atoms with van der Waals surface area (Å²) in [5.74, 6) is 0.